The van der Waals surface area contributed by atoms with Crippen molar-refractivity contribution in [1.82, 2.24) is 5.32 Å². The summed E-state index contributed by atoms with van der Waals surface area (Å²) in [7, 11) is 0. The molecule has 1 aliphatic heterocycles. The van der Waals surface area contributed by atoms with Crippen LogP contribution in [0.15, 0.2) is 0 Å². The normalized spacial score (nSPS) is 25.4. The molecule has 0 aromatic heterocycles. The van der Waals surface area contributed by atoms with Gasteiger partial charge in [0.2, 0.25) is 0 Å². The van der Waals surface area contributed by atoms with Crippen molar-refractivity contribution < 1.29 is 5.32 Å². The number of rotatable bonds is 4. The monoisotopic (exact) mass is 213 g/mol. The van der Waals surface area contributed by atoms with Crippen molar-refractivity contribution in [2.45, 2.75) is 77.4 Å². The van der Waals surface area contributed by atoms with Crippen LogP contribution in [0, 0.1) is 0 Å². The van der Waals surface area contributed by atoms with Gasteiger partial charge in [-0.25, -0.2) is 0 Å². The van der Waals surface area contributed by atoms with Gasteiger partial charge in [0, 0.05) is 18.9 Å². The van der Waals surface area contributed by atoms with E-state index in [0.717, 1.165) is 0 Å². The molecule has 15 heavy (non-hydrogen) atoms. The fourth-order valence-electron chi connectivity index (χ4n) is 3.15. The third-order valence-electron chi connectivity index (χ3n) is 3.29. The first-order chi connectivity index (χ1) is 6.85. The summed E-state index contributed by atoms with van der Waals surface area (Å²) >= 11 is 0. The van der Waals surface area contributed by atoms with E-state index in [9.17, 15) is 0 Å². The molecule has 0 unspecified atom stereocenters. The quantitative estimate of drug-likeness (QED) is 0.683. The Morgan fingerprint density at radius 1 is 1.13 bits per heavy atom. The fourth-order valence-corrected chi connectivity index (χ4v) is 3.15. The standard InChI is InChI=1S/C13H28N2/c1-6-7-8-14-11-9-12(2,3)15-13(4,5)10-11/h11,14-15H,6-10H2,1-5H3/p+1. The number of piperidine rings is 1. The van der Waals surface area contributed by atoms with Gasteiger partial charge < -0.3 is 10.6 Å². The van der Waals surface area contributed by atoms with Gasteiger partial charge >= 0.3 is 0 Å². The first kappa shape index (κ1) is 13.0. The van der Waals surface area contributed by atoms with Gasteiger partial charge in [-0.2, -0.15) is 0 Å². The lowest BCUT2D eigenvalue weighted by molar-refractivity contribution is -0.788. The summed E-state index contributed by atoms with van der Waals surface area (Å²) in [6.45, 7) is 12.9. The minimum Gasteiger partial charge on any atom is -0.337 e. The Hall–Kier alpha value is -0.0800. The van der Waals surface area contributed by atoms with Crippen LogP contribution in [0.1, 0.15) is 60.3 Å². The van der Waals surface area contributed by atoms with Crippen molar-refractivity contribution in [3.63, 3.8) is 0 Å². The van der Waals surface area contributed by atoms with Crippen LogP contribution in [-0.2, 0) is 0 Å². The molecular formula is C13H29N2+. The van der Waals surface area contributed by atoms with E-state index in [4.69, 9.17) is 0 Å². The summed E-state index contributed by atoms with van der Waals surface area (Å²) in [4.78, 5) is 0. The summed E-state index contributed by atoms with van der Waals surface area (Å²) in [6.07, 6.45) is 5.18. The molecular weight excluding hydrogens is 184 g/mol. The minimum atomic E-state index is 0.394. The van der Waals surface area contributed by atoms with Gasteiger partial charge in [0.15, 0.2) is 0 Å². The zero-order valence-electron chi connectivity index (χ0n) is 11.2. The van der Waals surface area contributed by atoms with E-state index < -0.39 is 0 Å². The van der Waals surface area contributed by atoms with E-state index in [-0.39, 0.29) is 0 Å². The molecule has 2 heteroatoms. The molecule has 2 nitrogen and oxygen atoms in total. The number of hydrogen-bond acceptors (Lipinski definition) is 1. The number of unbranched alkanes of at least 4 members (excludes halogenated alkanes) is 1. The molecule has 1 aliphatic rings. The topological polar surface area (TPSA) is 28.6 Å². The number of nitrogens with one attached hydrogen (secondary N) is 1. The summed E-state index contributed by atoms with van der Waals surface area (Å²) in [6, 6.07) is 0.714. The van der Waals surface area contributed by atoms with E-state index in [0.29, 0.717) is 17.1 Å². The van der Waals surface area contributed by atoms with Crippen LogP contribution in [-0.4, -0.2) is 23.7 Å². The Balaban J connectivity index is 2.44. The van der Waals surface area contributed by atoms with E-state index in [1.54, 1.807) is 0 Å². The minimum absolute atomic E-state index is 0.394. The second-order valence-corrected chi connectivity index (χ2v) is 6.53. The van der Waals surface area contributed by atoms with Crippen molar-refractivity contribution in [1.29, 1.82) is 0 Å². The predicted molar refractivity (Wildman–Crippen MR) is 66.0 cm³/mol. The van der Waals surface area contributed by atoms with Gasteiger partial charge in [0.25, 0.3) is 0 Å². The molecule has 0 aliphatic carbocycles. The Kier molecular flexibility index (Phi) is 4.19. The van der Waals surface area contributed by atoms with Gasteiger partial charge in [-0.1, -0.05) is 13.3 Å². The van der Waals surface area contributed by atoms with Crippen LogP contribution in [0.4, 0.5) is 0 Å². The van der Waals surface area contributed by atoms with Gasteiger partial charge in [0.1, 0.15) is 0 Å². The molecule has 0 saturated carbocycles. The van der Waals surface area contributed by atoms with Gasteiger partial charge in [-0.15, -0.1) is 0 Å². The molecule has 90 valence electrons. The molecule has 0 spiro atoms. The predicted octanol–water partition coefficient (Wildman–Crippen LogP) is 1.66. The Morgan fingerprint density at radius 3 is 2.13 bits per heavy atom. The van der Waals surface area contributed by atoms with Gasteiger partial charge in [0.05, 0.1) is 11.1 Å². The van der Waals surface area contributed by atoms with Crippen LogP contribution in [0.2, 0.25) is 0 Å². The maximum Gasteiger partial charge on any atom is 0.0923 e. The molecule has 3 N–H and O–H groups in total. The number of hydrogen-bond donors (Lipinski definition) is 2. The van der Waals surface area contributed by atoms with Crippen LogP contribution in [0.25, 0.3) is 0 Å². The number of quaternary nitrogens is 1. The lowest BCUT2D eigenvalue weighted by Gasteiger charge is -2.43. The molecule has 0 atom stereocenters. The molecule has 0 amide bonds. The van der Waals surface area contributed by atoms with Crippen LogP contribution in [0.5, 0.6) is 0 Å². The SMILES string of the molecule is CCCCNC1CC(C)(C)[NH2+]C(C)(C)C1. The van der Waals surface area contributed by atoms with E-state index in [1.165, 1.54) is 32.2 Å². The van der Waals surface area contributed by atoms with E-state index in [1.807, 2.05) is 0 Å². The Bertz CT molecular complexity index is 181. The van der Waals surface area contributed by atoms with Crippen molar-refractivity contribution in [3.8, 4) is 0 Å². The van der Waals surface area contributed by atoms with Crippen molar-refractivity contribution in [3.05, 3.63) is 0 Å². The summed E-state index contributed by atoms with van der Waals surface area (Å²) < 4.78 is 0. The third-order valence-corrected chi connectivity index (χ3v) is 3.29. The van der Waals surface area contributed by atoms with Gasteiger partial charge in [-0.3, -0.25) is 0 Å². The summed E-state index contributed by atoms with van der Waals surface area (Å²) in [5.41, 5.74) is 0.789. The highest BCUT2D eigenvalue weighted by Gasteiger charge is 2.41. The fraction of sp³-hybridized carbons (Fsp3) is 1.00. The Morgan fingerprint density at radius 2 is 1.67 bits per heavy atom. The van der Waals surface area contributed by atoms with Crippen molar-refractivity contribution in [2.75, 3.05) is 6.54 Å². The Labute approximate surface area is 95.2 Å². The molecule has 1 rings (SSSR count). The molecule has 1 heterocycles. The lowest BCUT2D eigenvalue weighted by Crippen LogP contribution is -3.06. The van der Waals surface area contributed by atoms with Crippen LogP contribution < -0.4 is 10.6 Å². The zero-order chi connectivity index (χ0) is 11.5. The molecule has 0 aromatic rings. The zero-order valence-corrected chi connectivity index (χ0v) is 11.2. The van der Waals surface area contributed by atoms with E-state index in [2.05, 4.69) is 45.3 Å². The average molecular weight is 213 g/mol. The molecule has 0 radical (unpaired) electrons. The molecule has 1 fully saturated rings. The van der Waals surface area contributed by atoms with E-state index >= 15 is 0 Å². The summed E-state index contributed by atoms with van der Waals surface area (Å²) in [5, 5.41) is 6.25. The second-order valence-electron chi connectivity index (χ2n) is 6.53. The third kappa shape index (κ3) is 4.52. The smallest absolute Gasteiger partial charge is 0.0923 e. The van der Waals surface area contributed by atoms with Crippen LogP contribution >= 0.6 is 0 Å². The van der Waals surface area contributed by atoms with Crippen molar-refractivity contribution >= 4 is 0 Å². The highest BCUT2D eigenvalue weighted by molar-refractivity contribution is 4.87. The lowest BCUT2D eigenvalue weighted by atomic mass is 9.79. The first-order valence-corrected chi connectivity index (χ1v) is 6.45. The largest absolute Gasteiger partial charge is 0.337 e. The van der Waals surface area contributed by atoms with Gasteiger partial charge in [-0.05, 0) is 40.7 Å². The van der Waals surface area contributed by atoms with Crippen LogP contribution in [0.3, 0.4) is 0 Å². The maximum absolute atomic E-state index is 3.71. The van der Waals surface area contributed by atoms with Crippen molar-refractivity contribution in [2.24, 2.45) is 0 Å². The maximum atomic E-state index is 3.71. The second kappa shape index (κ2) is 4.84. The first-order valence-electron chi connectivity index (χ1n) is 6.45. The highest BCUT2D eigenvalue weighted by atomic mass is 15.1. The number of nitrogens with two attached hydrogens (primary N) is 1. The highest BCUT2D eigenvalue weighted by Crippen LogP contribution is 2.21. The molecule has 0 aromatic carbocycles. The summed E-state index contributed by atoms with van der Waals surface area (Å²) in [5.74, 6) is 0. The molecule has 1 saturated heterocycles. The molecule has 0 bridgehead atoms. The average Bonchev–Trinajstić information content (AvgIpc) is 1.98.